The fourth-order valence-electron chi connectivity index (χ4n) is 1.96. The van der Waals surface area contributed by atoms with Crippen LogP contribution in [0.15, 0.2) is 28.2 Å². The maximum Gasteiger partial charge on any atom is 0.244 e. The summed E-state index contributed by atoms with van der Waals surface area (Å²) in [5.41, 5.74) is 1.88. The van der Waals surface area contributed by atoms with Crippen molar-refractivity contribution in [3.8, 4) is 11.4 Å². The molecule has 0 spiro atoms. The Morgan fingerprint density at radius 2 is 2.37 bits per heavy atom. The van der Waals surface area contributed by atoms with Crippen molar-refractivity contribution in [1.29, 1.82) is 0 Å². The highest BCUT2D eigenvalue weighted by Crippen LogP contribution is 2.25. The van der Waals surface area contributed by atoms with Gasteiger partial charge in [-0.1, -0.05) is 12.1 Å². The van der Waals surface area contributed by atoms with Crippen molar-refractivity contribution in [2.45, 2.75) is 19.4 Å². The average molecular weight is 274 g/mol. The van der Waals surface area contributed by atoms with Crippen LogP contribution in [0.1, 0.15) is 25.3 Å². The highest BCUT2D eigenvalue weighted by molar-refractivity contribution is 7.17. The standard InChI is InChI=1S/C13H14N4OS/c1-3-9(14-2)13-16-12(17-18-13)8-6-11-10(15-7-8)4-5-19-11/h4-7,9,14H,3H2,1-2H3. The lowest BCUT2D eigenvalue weighted by molar-refractivity contribution is 0.334. The Kier molecular flexibility index (Phi) is 3.27. The second-order valence-electron chi connectivity index (χ2n) is 4.23. The van der Waals surface area contributed by atoms with Crippen LogP contribution in [0.3, 0.4) is 0 Å². The molecule has 0 aliphatic rings. The Labute approximate surface area is 114 Å². The van der Waals surface area contributed by atoms with Crippen LogP contribution >= 0.6 is 11.3 Å². The number of pyridine rings is 1. The molecular formula is C13H14N4OS. The molecule has 0 radical (unpaired) electrons. The van der Waals surface area contributed by atoms with Crippen LogP contribution in [0.25, 0.3) is 21.6 Å². The fourth-order valence-corrected chi connectivity index (χ4v) is 2.75. The number of thiophene rings is 1. The zero-order valence-electron chi connectivity index (χ0n) is 10.8. The molecule has 0 aliphatic carbocycles. The first-order valence-electron chi connectivity index (χ1n) is 6.16. The Morgan fingerprint density at radius 1 is 1.47 bits per heavy atom. The molecule has 1 unspecified atom stereocenters. The first-order chi connectivity index (χ1) is 9.31. The van der Waals surface area contributed by atoms with Gasteiger partial charge in [0.05, 0.1) is 16.3 Å². The van der Waals surface area contributed by atoms with E-state index in [1.165, 1.54) is 0 Å². The van der Waals surface area contributed by atoms with E-state index in [2.05, 4.69) is 27.4 Å². The molecule has 0 amide bonds. The number of aromatic nitrogens is 3. The van der Waals surface area contributed by atoms with E-state index >= 15 is 0 Å². The van der Waals surface area contributed by atoms with Crippen LogP contribution in [0.4, 0.5) is 0 Å². The van der Waals surface area contributed by atoms with E-state index in [-0.39, 0.29) is 6.04 Å². The number of rotatable bonds is 4. The largest absolute Gasteiger partial charge is 0.337 e. The van der Waals surface area contributed by atoms with Gasteiger partial charge in [0, 0.05) is 11.8 Å². The van der Waals surface area contributed by atoms with Crippen LogP contribution in [0.2, 0.25) is 0 Å². The molecule has 0 saturated carbocycles. The molecule has 3 aromatic rings. The lowest BCUT2D eigenvalue weighted by Gasteiger charge is -2.06. The van der Waals surface area contributed by atoms with E-state index in [9.17, 15) is 0 Å². The van der Waals surface area contributed by atoms with Gasteiger partial charge < -0.3 is 9.84 Å². The van der Waals surface area contributed by atoms with E-state index in [4.69, 9.17) is 4.52 Å². The summed E-state index contributed by atoms with van der Waals surface area (Å²) in [6.07, 6.45) is 2.68. The summed E-state index contributed by atoms with van der Waals surface area (Å²) in [7, 11) is 1.89. The zero-order valence-corrected chi connectivity index (χ0v) is 11.6. The third-order valence-corrected chi connectivity index (χ3v) is 3.91. The average Bonchev–Trinajstić information content (AvgIpc) is 3.08. The number of hydrogen-bond acceptors (Lipinski definition) is 6. The monoisotopic (exact) mass is 274 g/mol. The molecule has 5 nitrogen and oxygen atoms in total. The SMILES string of the molecule is CCC(NC)c1nc(-c2cnc3ccsc3c2)no1. The second kappa shape index (κ2) is 5.07. The molecule has 3 rings (SSSR count). The summed E-state index contributed by atoms with van der Waals surface area (Å²) in [6.45, 7) is 2.07. The van der Waals surface area contributed by atoms with Gasteiger partial charge in [-0.25, -0.2) is 0 Å². The molecular weight excluding hydrogens is 260 g/mol. The smallest absolute Gasteiger partial charge is 0.244 e. The summed E-state index contributed by atoms with van der Waals surface area (Å²) >= 11 is 1.66. The molecule has 19 heavy (non-hydrogen) atoms. The second-order valence-corrected chi connectivity index (χ2v) is 5.18. The van der Waals surface area contributed by atoms with Gasteiger partial charge in [-0.3, -0.25) is 4.98 Å². The van der Waals surface area contributed by atoms with Gasteiger partial charge in [0.2, 0.25) is 11.7 Å². The van der Waals surface area contributed by atoms with Crippen LogP contribution < -0.4 is 5.32 Å². The third-order valence-electron chi connectivity index (χ3n) is 3.06. The Hall–Kier alpha value is -1.79. The zero-order chi connectivity index (χ0) is 13.2. The predicted octanol–water partition coefficient (Wildman–Crippen LogP) is 3.02. The minimum absolute atomic E-state index is 0.0969. The van der Waals surface area contributed by atoms with Gasteiger partial charge in [0.25, 0.3) is 0 Å². The lowest BCUT2D eigenvalue weighted by atomic mass is 10.2. The molecule has 0 bridgehead atoms. The van der Waals surface area contributed by atoms with Crippen molar-refractivity contribution in [2.75, 3.05) is 7.05 Å². The van der Waals surface area contributed by atoms with Gasteiger partial charge in [0.1, 0.15) is 0 Å². The minimum Gasteiger partial charge on any atom is -0.337 e. The molecule has 0 saturated heterocycles. The van der Waals surface area contributed by atoms with Crippen molar-refractivity contribution in [3.05, 3.63) is 29.6 Å². The Bertz CT molecular complexity index is 687. The lowest BCUT2D eigenvalue weighted by Crippen LogP contribution is -2.15. The minimum atomic E-state index is 0.0969. The van der Waals surface area contributed by atoms with Crippen molar-refractivity contribution in [1.82, 2.24) is 20.4 Å². The van der Waals surface area contributed by atoms with Crippen molar-refractivity contribution >= 4 is 21.6 Å². The van der Waals surface area contributed by atoms with Crippen LogP contribution in [0.5, 0.6) is 0 Å². The topological polar surface area (TPSA) is 63.8 Å². The molecule has 3 heterocycles. The highest BCUT2D eigenvalue weighted by atomic mass is 32.1. The quantitative estimate of drug-likeness (QED) is 0.792. The molecule has 0 aliphatic heterocycles. The van der Waals surface area contributed by atoms with Gasteiger partial charge in [0.15, 0.2) is 0 Å². The van der Waals surface area contributed by atoms with Crippen molar-refractivity contribution < 1.29 is 4.52 Å². The summed E-state index contributed by atoms with van der Waals surface area (Å²) in [4.78, 5) is 8.82. The molecule has 0 aromatic carbocycles. The number of fused-ring (bicyclic) bond motifs is 1. The molecule has 1 N–H and O–H groups in total. The molecule has 3 aromatic heterocycles. The van der Waals surface area contributed by atoms with E-state index in [0.717, 1.165) is 22.2 Å². The van der Waals surface area contributed by atoms with Crippen molar-refractivity contribution in [3.63, 3.8) is 0 Å². The van der Waals surface area contributed by atoms with Gasteiger partial charge in [-0.05, 0) is 31.0 Å². The van der Waals surface area contributed by atoms with E-state index < -0.39 is 0 Å². The van der Waals surface area contributed by atoms with Gasteiger partial charge >= 0.3 is 0 Å². The number of nitrogens with one attached hydrogen (secondary N) is 1. The van der Waals surface area contributed by atoms with Gasteiger partial charge in [-0.2, -0.15) is 4.98 Å². The molecule has 1 atom stereocenters. The summed E-state index contributed by atoms with van der Waals surface area (Å²) in [6, 6.07) is 4.14. The first-order valence-corrected chi connectivity index (χ1v) is 7.04. The van der Waals surface area contributed by atoms with E-state index in [1.807, 2.05) is 24.6 Å². The molecule has 98 valence electrons. The maximum absolute atomic E-state index is 5.31. The third kappa shape index (κ3) is 2.24. The number of hydrogen-bond donors (Lipinski definition) is 1. The summed E-state index contributed by atoms with van der Waals surface area (Å²) in [5, 5.41) is 9.21. The maximum atomic E-state index is 5.31. The van der Waals surface area contributed by atoms with Crippen LogP contribution in [-0.2, 0) is 0 Å². The predicted molar refractivity (Wildman–Crippen MR) is 75.0 cm³/mol. The summed E-state index contributed by atoms with van der Waals surface area (Å²) < 4.78 is 6.44. The Morgan fingerprint density at radius 3 is 3.16 bits per heavy atom. The van der Waals surface area contributed by atoms with Gasteiger partial charge in [-0.15, -0.1) is 11.3 Å². The fraction of sp³-hybridized carbons (Fsp3) is 0.308. The normalized spacial score (nSPS) is 12.9. The summed E-state index contributed by atoms with van der Waals surface area (Å²) in [5.74, 6) is 1.21. The molecule has 0 fully saturated rings. The van der Waals surface area contributed by atoms with Crippen molar-refractivity contribution in [2.24, 2.45) is 0 Å². The first kappa shape index (κ1) is 12.3. The van der Waals surface area contributed by atoms with Crippen LogP contribution in [-0.4, -0.2) is 22.2 Å². The van der Waals surface area contributed by atoms with Crippen LogP contribution in [0, 0.1) is 0 Å². The number of nitrogens with zero attached hydrogens (tertiary/aromatic N) is 3. The highest BCUT2D eigenvalue weighted by Gasteiger charge is 2.16. The molecule has 6 heteroatoms. The van der Waals surface area contributed by atoms with E-state index in [1.54, 1.807) is 17.5 Å². The van der Waals surface area contributed by atoms with E-state index in [0.29, 0.717) is 11.7 Å². The Balaban J connectivity index is 1.97.